The maximum atomic E-state index is 12.6. The molecule has 1 aromatic carbocycles. The number of aliphatic hydroxyl groups excluding tert-OH is 1. The van der Waals surface area contributed by atoms with Crippen LogP contribution in [0.2, 0.25) is 0 Å². The van der Waals surface area contributed by atoms with Crippen LogP contribution in [0.1, 0.15) is 6.42 Å². The molecule has 0 saturated carbocycles. The summed E-state index contributed by atoms with van der Waals surface area (Å²) < 4.78 is 18.2. The third-order valence-corrected chi connectivity index (χ3v) is 2.52. The van der Waals surface area contributed by atoms with E-state index in [9.17, 15) is 4.39 Å². The van der Waals surface area contributed by atoms with Crippen molar-refractivity contribution in [1.29, 1.82) is 0 Å². The normalized spacial score (nSPS) is 25.5. The van der Waals surface area contributed by atoms with E-state index in [1.165, 1.54) is 12.1 Å². The number of benzene rings is 1. The SMILES string of the molecule is OC[C@@H]1C[C@@H](Oc2ccc(F)cc2)CN1. The molecule has 15 heavy (non-hydrogen) atoms. The first kappa shape index (κ1) is 10.4. The first-order valence-corrected chi connectivity index (χ1v) is 5.04. The lowest BCUT2D eigenvalue weighted by Crippen LogP contribution is -2.25. The van der Waals surface area contributed by atoms with Gasteiger partial charge >= 0.3 is 0 Å². The quantitative estimate of drug-likeness (QED) is 0.781. The molecule has 0 radical (unpaired) electrons. The molecule has 0 unspecified atom stereocenters. The van der Waals surface area contributed by atoms with Crippen molar-refractivity contribution in [3.05, 3.63) is 30.1 Å². The molecule has 0 spiro atoms. The van der Waals surface area contributed by atoms with Crippen LogP contribution in [0, 0.1) is 5.82 Å². The summed E-state index contributed by atoms with van der Waals surface area (Å²) in [6, 6.07) is 6.10. The highest BCUT2D eigenvalue weighted by Crippen LogP contribution is 2.17. The molecule has 2 atom stereocenters. The van der Waals surface area contributed by atoms with Gasteiger partial charge in [0, 0.05) is 19.0 Å². The van der Waals surface area contributed by atoms with Crippen molar-refractivity contribution in [2.24, 2.45) is 0 Å². The van der Waals surface area contributed by atoms with Crippen LogP contribution in [0.15, 0.2) is 24.3 Å². The molecule has 4 heteroatoms. The smallest absolute Gasteiger partial charge is 0.123 e. The van der Waals surface area contributed by atoms with Crippen molar-refractivity contribution < 1.29 is 14.2 Å². The van der Waals surface area contributed by atoms with Gasteiger partial charge in [-0.25, -0.2) is 4.39 Å². The van der Waals surface area contributed by atoms with Gasteiger partial charge in [-0.15, -0.1) is 0 Å². The van der Waals surface area contributed by atoms with E-state index in [1.807, 2.05) is 0 Å². The van der Waals surface area contributed by atoms with Crippen molar-refractivity contribution in [3.63, 3.8) is 0 Å². The number of halogens is 1. The lowest BCUT2D eigenvalue weighted by Gasteiger charge is -2.12. The molecule has 0 aromatic heterocycles. The first-order chi connectivity index (χ1) is 7.28. The molecule has 2 N–H and O–H groups in total. The highest BCUT2D eigenvalue weighted by Gasteiger charge is 2.24. The summed E-state index contributed by atoms with van der Waals surface area (Å²) in [5.41, 5.74) is 0. The molecule has 3 nitrogen and oxygen atoms in total. The lowest BCUT2D eigenvalue weighted by atomic mass is 10.2. The van der Waals surface area contributed by atoms with Gasteiger partial charge in [-0.2, -0.15) is 0 Å². The second kappa shape index (κ2) is 4.59. The monoisotopic (exact) mass is 211 g/mol. The molecule has 1 aliphatic rings. The molecule has 0 amide bonds. The van der Waals surface area contributed by atoms with Gasteiger partial charge in [0.25, 0.3) is 0 Å². The Morgan fingerprint density at radius 3 is 2.73 bits per heavy atom. The predicted octanol–water partition coefficient (Wildman–Crippen LogP) is 0.927. The van der Waals surface area contributed by atoms with Crippen molar-refractivity contribution in [2.45, 2.75) is 18.6 Å². The zero-order valence-corrected chi connectivity index (χ0v) is 8.32. The van der Waals surface area contributed by atoms with Gasteiger partial charge in [-0.3, -0.25) is 0 Å². The Morgan fingerprint density at radius 1 is 1.40 bits per heavy atom. The summed E-state index contributed by atoms with van der Waals surface area (Å²) in [6.45, 7) is 0.853. The third-order valence-electron chi connectivity index (χ3n) is 2.52. The molecule has 1 saturated heterocycles. The summed E-state index contributed by atoms with van der Waals surface area (Å²) >= 11 is 0. The summed E-state index contributed by atoms with van der Waals surface area (Å²) in [4.78, 5) is 0. The molecule has 1 heterocycles. The Kier molecular flexibility index (Phi) is 3.18. The highest BCUT2D eigenvalue weighted by atomic mass is 19.1. The molecule has 2 rings (SSSR count). The van der Waals surface area contributed by atoms with E-state index >= 15 is 0 Å². The van der Waals surface area contributed by atoms with E-state index in [4.69, 9.17) is 9.84 Å². The minimum Gasteiger partial charge on any atom is -0.489 e. The van der Waals surface area contributed by atoms with Crippen LogP contribution < -0.4 is 10.1 Å². The molecular formula is C11H14FNO2. The predicted molar refractivity (Wildman–Crippen MR) is 54.3 cm³/mol. The van der Waals surface area contributed by atoms with E-state index < -0.39 is 0 Å². The Balaban J connectivity index is 1.90. The lowest BCUT2D eigenvalue weighted by molar-refractivity contribution is 0.206. The van der Waals surface area contributed by atoms with E-state index in [-0.39, 0.29) is 24.6 Å². The van der Waals surface area contributed by atoms with Crippen LogP contribution in [0.25, 0.3) is 0 Å². The second-order valence-electron chi connectivity index (χ2n) is 3.72. The zero-order valence-electron chi connectivity index (χ0n) is 8.32. The third kappa shape index (κ3) is 2.67. The van der Waals surface area contributed by atoms with Gasteiger partial charge in [-0.1, -0.05) is 0 Å². The van der Waals surface area contributed by atoms with Crippen LogP contribution in [0.5, 0.6) is 5.75 Å². The fourth-order valence-corrected chi connectivity index (χ4v) is 1.72. The fourth-order valence-electron chi connectivity index (χ4n) is 1.72. The number of nitrogens with one attached hydrogen (secondary N) is 1. The summed E-state index contributed by atoms with van der Waals surface area (Å²) in [6.07, 6.45) is 0.848. The molecule has 1 fully saturated rings. The molecule has 0 bridgehead atoms. The minimum absolute atomic E-state index is 0.0626. The first-order valence-electron chi connectivity index (χ1n) is 5.04. The molecule has 82 valence electrons. The highest BCUT2D eigenvalue weighted by molar-refractivity contribution is 5.22. The van der Waals surface area contributed by atoms with Crippen LogP contribution in [0.4, 0.5) is 4.39 Å². The van der Waals surface area contributed by atoms with Crippen molar-refractivity contribution in [3.8, 4) is 5.75 Å². The maximum Gasteiger partial charge on any atom is 0.123 e. The van der Waals surface area contributed by atoms with Crippen molar-refractivity contribution >= 4 is 0 Å². The van der Waals surface area contributed by atoms with Crippen LogP contribution in [0.3, 0.4) is 0 Å². The number of hydrogen-bond acceptors (Lipinski definition) is 3. The average molecular weight is 211 g/mol. The van der Waals surface area contributed by atoms with Gasteiger partial charge in [0.2, 0.25) is 0 Å². The van der Waals surface area contributed by atoms with Crippen LogP contribution in [-0.4, -0.2) is 30.4 Å². The number of ether oxygens (including phenoxy) is 1. The van der Waals surface area contributed by atoms with Crippen LogP contribution in [-0.2, 0) is 0 Å². The van der Waals surface area contributed by atoms with Crippen molar-refractivity contribution in [2.75, 3.05) is 13.2 Å². The maximum absolute atomic E-state index is 12.6. The Morgan fingerprint density at radius 2 is 2.13 bits per heavy atom. The van der Waals surface area contributed by atoms with E-state index in [1.54, 1.807) is 12.1 Å². The van der Waals surface area contributed by atoms with Gasteiger partial charge in [0.05, 0.1) is 6.61 Å². The zero-order chi connectivity index (χ0) is 10.7. The van der Waals surface area contributed by atoms with E-state index in [0.29, 0.717) is 5.75 Å². The minimum atomic E-state index is -0.264. The number of hydrogen-bond donors (Lipinski definition) is 2. The van der Waals surface area contributed by atoms with Crippen LogP contribution >= 0.6 is 0 Å². The Bertz CT molecular complexity index is 315. The van der Waals surface area contributed by atoms with E-state index in [2.05, 4.69) is 5.32 Å². The largest absolute Gasteiger partial charge is 0.489 e. The Labute approximate surface area is 87.9 Å². The van der Waals surface area contributed by atoms with Gasteiger partial charge in [0.15, 0.2) is 0 Å². The topological polar surface area (TPSA) is 41.5 Å². The molecular weight excluding hydrogens is 197 g/mol. The molecule has 0 aliphatic carbocycles. The molecule has 1 aliphatic heterocycles. The van der Waals surface area contributed by atoms with Crippen molar-refractivity contribution in [1.82, 2.24) is 5.32 Å². The fraction of sp³-hybridized carbons (Fsp3) is 0.455. The summed E-state index contributed by atoms with van der Waals surface area (Å²) in [5, 5.41) is 12.1. The Hall–Kier alpha value is -1.13. The summed E-state index contributed by atoms with van der Waals surface area (Å²) in [5.74, 6) is 0.405. The van der Waals surface area contributed by atoms with E-state index in [0.717, 1.165) is 13.0 Å². The van der Waals surface area contributed by atoms with Gasteiger partial charge < -0.3 is 15.2 Å². The summed E-state index contributed by atoms with van der Waals surface area (Å²) in [7, 11) is 0. The molecule has 1 aromatic rings. The number of aliphatic hydroxyl groups is 1. The average Bonchev–Trinajstić information content (AvgIpc) is 2.69. The second-order valence-corrected chi connectivity index (χ2v) is 3.72. The van der Waals surface area contributed by atoms with Gasteiger partial charge in [0.1, 0.15) is 17.7 Å². The standard InChI is InChI=1S/C11H14FNO2/c12-8-1-3-10(4-2-8)15-11-5-9(7-14)13-6-11/h1-4,9,11,13-14H,5-7H2/t9-,11+/m0/s1. The number of rotatable bonds is 3. The van der Waals surface area contributed by atoms with Gasteiger partial charge in [-0.05, 0) is 24.3 Å².